The number of pyridine rings is 2. The van der Waals surface area contributed by atoms with Crippen LogP contribution in [0.3, 0.4) is 0 Å². The predicted octanol–water partition coefficient (Wildman–Crippen LogP) is 1.07. The maximum absolute atomic E-state index is 13.2. The number of carboxylic acids is 1. The summed E-state index contributed by atoms with van der Waals surface area (Å²) >= 11 is 0. The first-order valence-electron chi connectivity index (χ1n) is 4.42. The first kappa shape index (κ1) is 10.3. The van der Waals surface area contributed by atoms with Gasteiger partial charge < -0.3 is 10.1 Å². The van der Waals surface area contributed by atoms with Gasteiger partial charge in [0, 0.05) is 5.39 Å². The number of nitrogens with one attached hydrogen (secondary N) is 1. The molecule has 0 radical (unpaired) electrons. The number of H-pyrrole nitrogens is 1. The van der Waals surface area contributed by atoms with E-state index in [1.54, 1.807) is 0 Å². The average molecular weight is 222 g/mol. The molecular formula is C10H7FN2O3. The lowest BCUT2D eigenvalue weighted by atomic mass is 10.2. The number of hydrogen-bond donors (Lipinski definition) is 2. The highest BCUT2D eigenvalue weighted by Gasteiger charge is 2.11. The van der Waals surface area contributed by atoms with E-state index in [1.807, 2.05) is 0 Å². The summed E-state index contributed by atoms with van der Waals surface area (Å²) in [6.07, 6.45) is 0. The molecule has 0 saturated heterocycles. The van der Waals surface area contributed by atoms with Crippen LogP contribution in [0.25, 0.3) is 11.0 Å². The molecule has 0 aliphatic rings. The number of aromatic nitrogens is 2. The monoisotopic (exact) mass is 222 g/mol. The van der Waals surface area contributed by atoms with Gasteiger partial charge in [-0.2, -0.15) is 0 Å². The Morgan fingerprint density at radius 1 is 1.50 bits per heavy atom. The second kappa shape index (κ2) is 3.41. The van der Waals surface area contributed by atoms with Crippen LogP contribution in [-0.2, 0) is 0 Å². The van der Waals surface area contributed by atoms with Crippen LogP contribution in [0.5, 0.6) is 0 Å². The zero-order chi connectivity index (χ0) is 11.9. The lowest BCUT2D eigenvalue weighted by Crippen LogP contribution is -2.17. The van der Waals surface area contributed by atoms with Crippen LogP contribution in [0, 0.1) is 12.7 Å². The maximum Gasteiger partial charge on any atom is 0.341 e. The second-order valence-electron chi connectivity index (χ2n) is 3.31. The summed E-state index contributed by atoms with van der Waals surface area (Å²) in [7, 11) is 0. The van der Waals surface area contributed by atoms with Crippen molar-refractivity contribution in [3.8, 4) is 0 Å². The molecule has 0 aliphatic carbocycles. The molecule has 0 bridgehead atoms. The Hall–Kier alpha value is -2.24. The molecule has 2 N–H and O–H groups in total. The number of carbonyl (C=O) groups is 1. The van der Waals surface area contributed by atoms with Crippen molar-refractivity contribution in [2.45, 2.75) is 6.92 Å². The van der Waals surface area contributed by atoms with E-state index in [2.05, 4.69) is 9.97 Å². The molecule has 0 aromatic carbocycles. The van der Waals surface area contributed by atoms with Gasteiger partial charge in [-0.25, -0.2) is 14.2 Å². The first-order valence-corrected chi connectivity index (χ1v) is 4.42. The number of carboxylic acid groups (broad SMARTS) is 1. The molecule has 0 aliphatic heterocycles. The zero-order valence-electron chi connectivity index (χ0n) is 8.24. The number of aromatic amines is 1. The van der Waals surface area contributed by atoms with E-state index in [0.29, 0.717) is 0 Å². The number of hydrogen-bond acceptors (Lipinski definition) is 3. The molecule has 2 rings (SSSR count). The third-order valence-electron chi connectivity index (χ3n) is 2.19. The summed E-state index contributed by atoms with van der Waals surface area (Å²) < 4.78 is 13.2. The van der Waals surface area contributed by atoms with Gasteiger partial charge in [0.2, 0.25) is 0 Å². The van der Waals surface area contributed by atoms with Gasteiger partial charge in [0.05, 0.1) is 5.69 Å². The standard InChI is InChI=1S/C10H7FN2O3/c1-4-7(11)3-5-2-6(10(15)16)9(14)13-8(5)12-4/h2-3H,1H3,(H,15,16)(H,12,13,14). The van der Waals surface area contributed by atoms with Crippen LogP contribution >= 0.6 is 0 Å². The van der Waals surface area contributed by atoms with Crippen molar-refractivity contribution >= 4 is 17.0 Å². The molecular weight excluding hydrogens is 215 g/mol. The molecule has 0 saturated carbocycles. The van der Waals surface area contributed by atoms with Crippen molar-refractivity contribution in [2.75, 3.05) is 0 Å². The summed E-state index contributed by atoms with van der Waals surface area (Å²) in [4.78, 5) is 28.1. The number of aromatic carboxylic acids is 1. The van der Waals surface area contributed by atoms with Crippen LogP contribution in [0.1, 0.15) is 16.1 Å². The van der Waals surface area contributed by atoms with Crippen LogP contribution in [0.2, 0.25) is 0 Å². The summed E-state index contributed by atoms with van der Waals surface area (Å²) in [5.74, 6) is -1.90. The minimum Gasteiger partial charge on any atom is -0.477 e. The van der Waals surface area contributed by atoms with E-state index in [-0.39, 0.29) is 16.7 Å². The van der Waals surface area contributed by atoms with Crippen LogP contribution in [-0.4, -0.2) is 21.0 Å². The lowest BCUT2D eigenvalue weighted by Gasteiger charge is -2.01. The summed E-state index contributed by atoms with van der Waals surface area (Å²) in [6.45, 7) is 1.46. The van der Waals surface area contributed by atoms with Gasteiger partial charge in [0.15, 0.2) is 0 Å². The average Bonchev–Trinajstić information content (AvgIpc) is 2.19. The molecule has 6 heteroatoms. The van der Waals surface area contributed by atoms with E-state index < -0.39 is 22.9 Å². The lowest BCUT2D eigenvalue weighted by molar-refractivity contribution is 0.0695. The minimum absolute atomic E-state index is 0.145. The molecule has 2 aromatic rings. The summed E-state index contributed by atoms with van der Waals surface area (Å²) in [5.41, 5.74) is -0.865. The Balaban J connectivity index is 2.85. The van der Waals surface area contributed by atoms with Gasteiger partial charge in [0.25, 0.3) is 5.56 Å². The number of rotatable bonds is 1. The zero-order valence-corrected chi connectivity index (χ0v) is 8.24. The Kier molecular flexibility index (Phi) is 2.19. The summed E-state index contributed by atoms with van der Waals surface area (Å²) in [6, 6.07) is 2.24. The third-order valence-corrected chi connectivity index (χ3v) is 2.19. The van der Waals surface area contributed by atoms with E-state index in [4.69, 9.17) is 5.11 Å². The smallest absolute Gasteiger partial charge is 0.341 e. The van der Waals surface area contributed by atoms with Crippen molar-refractivity contribution < 1.29 is 14.3 Å². The first-order chi connectivity index (χ1) is 7.49. The predicted molar refractivity (Wildman–Crippen MR) is 54.0 cm³/mol. The molecule has 2 aromatic heterocycles. The molecule has 0 fully saturated rings. The molecule has 82 valence electrons. The summed E-state index contributed by atoms with van der Waals surface area (Å²) in [5, 5.41) is 8.96. The topological polar surface area (TPSA) is 83.0 Å². The number of fused-ring (bicyclic) bond motifs is 1. The molecule has 2 heterocycles. The molecule has 0 unspecified atom stereocenters. The fraction of sp³-hybridized carbons (Fsp3) is 0.100. The van der Waals surface area contributed by atoms with E-state index in [1.165, 1.54) is 6.92 Å². The Morgan fingerprint density at radius 3 is 2.81 bits per heavy atom. The van der Waals surface area contributed by atoms with Crippen LogP contribution in [0.4, 0.5) is 4.39 Å². The number of nitrogens with zero attached hydrogens (tertiary/aromatic N) is 1. The van der Waals surface area contributed by atoms with E-state index >= 15 is 0 Å². The molecule has 5 nitrogen and oxygen atoms in total. The molecule has 0 atom stereocenters. The largest absolute Gasteiger partial charge is 0.477 e. The van der Waals surface area contributed by atoms with Crippen LogP contribution in [0.15, 0.2) is 16.9 Å². The van der Waals surface area contributed by atoms with Gasteiger partial charge in [-0.3, -0.25) is 4.79 Å². The van der Waals surface area contributed by atoms with Gasteiger partial charge in [0.1, 0.15) is 17.0 Å². The minimum atomic E-state index is -1.36. The van der Waals surface area contributed by atoms with Gasteiger partial charge in [-0.15, -0.1) is 0 Å². The molecule has 16 heavy (non-hydrogen) atoms. The van der Waals surface area contributed by atoms with Crippen molar-refractivity contribution in [3.05, 3.63) is 39.6 Å². The highest BCUT2D eigenvalue weighted by Crippen LogP contribution is 2.13. The van der Waals surface area contributed by atoms with Crippen molar-refractivity contribution in [1.82, 2.24) is 9.97 Å². The molecule has 0 amide bonds. The number of halogens is 1. The quantitative estimate of drug-likeness (QED) is 0.755. The highest BCUT2D eigenvalue weighted by molar-refractivity contribution is 5.91. The van der Waals surface area contributed by atoms with Crippen molar-refractivity contribution in [3.63, 3.8) is 0 Å². The number of aryl methyl sites for hydroxylation is 1. The van der Waals surface area contributed by atoms with Gasteiger partial charge in [-0.05, 0) is 19.1 Å². The Bertz CT molecular complexity index is 648. The highest BCUT2D eigenvalue weighted by atomic mass is 19.1. The van der Waals surface area contributed by atoms with E-state index in [0.717, 1.165) is 12.1 Å². The second-order valence-corrected chi connectivity index (χ2v) is 3.31. The third kappa shape index (κ3) is 1.54. The fourth-order valence-corrected chi connectivity index (χ4v) is 1.36. The molecule has 0 spiro atoms. The van der Waals surface area contributed by atoms with Gasteiger partial charge in [-0.1, -0.05) is 0 Å². The Labute approximate surface area is 88.6 Å². The normalized spacial score (nSPS) is 10.6. The van der Waals surface area contributed by atoms with Gasteiger partial charge >= 0.3 is 5.97 Å². The Morgan fingerprint density at radius 2 is 2.19 bits per heavy atom. The van der Waals surface area contributed by atoms with E-state index in [9.17, 15) is 14.0 Å². The SMILES string of the molecule is Cc1nc2[nH]c(=O)c(C(=O)O)cc2cc1F. The maximum atomic E-state index is 13.2. The fourth-order valence-electron chi connectivity index (χ4n) is 1.36. The van der Waals surface area contributed by atoms with Crippen molar-refractivity contribution in [1.29, 1.82) is 0 Å². The van der Waals surface area contributed by atoms with Crippen LogP contribution < -0.4 is 5.56 Å². The van der Waals surface area contributed by atoms with Crippen molar-refractivity contribution in [2.24, 2.45) is 0 Å².